The summed E-state index contributed by atoms with van der Waals surface area (Å²) >= 11 is 0. The van der Waals surface area contributed by atoms with Crippen molar-refractivity contribution in [2.24, 2.45) is 0 Å². The van der Waals surface area contributed by atoms with Crippen molar-refractivity contribution >= 4 is 22.4 Å². The Morgan fingerprint density at radius 1 is 0.789 bits per heavy atom. The first-order valence-corrected chi connectivity index (χ1v) is 14.1. The molecule has 38 heavy (non-hydrogen) atoms. The van der Waals surface area contributed by atoms with Crippen LogP contribution in [-0.2, 0) is 26.8 Å². The molecule has 192 valence electrons. The number of hydrogen-bond donors (Lipinski definition) is 0. The van der Waals surface area contributed by atoms with Gasteiger partial charge in [-0.1, -0.05) is 66.7 Å². The van der Waals surface area contributed by atoms with Gasteiger partial charge in [0.2, 0.25) is 0 Å². The van der Waals surface area contributed by atoms with Gasteiger partial charge in [-0.2, -0.15) is 0 Å². The molecule has 0 N–H and O–H groups in total. The lowest BCUT2D eigenvalue weighted by atomic mass is 9.92. The monoisotopic (exact) mass is 521 g/mol. The number of hydrogen-bond acceptors (Lipinski definition) is 3. The van der Waals surface area contributed by atoms with Crippen LogP contribution in [0.25, 0.3) is 5.57 Å². The van der Waals surface area contributed by atoms with Crippen LogP contribution < -0.4 is 4.74 Å². The Hall–Kier alpha value is -3.76. The molecule has 4 heteroatoms. The van der Waals surface area contributed by atoms with Gasteiger partial charge in [-0.15, -0.1) is 0 Å². The van der Waals surface area contributed by atoms with E-state index in [4.69, 9.17) is 9.47 Å². The molecular weight excluding hydrogens is 488 g/mol. The van der Waals surface area contributed by atoms with Gasteiger partial charge in [-0.3, -0.25) is 0 Å². The first-order chi connectivity index (χ1) is 18.3. The number of benzene rings is 4. The molecule has 0 saturated heterocycles. The number of ether oxygens (including phenoxy) is 2. The quantitative estimate of drug-likeness (QED) is 0.176. The summed E-state index contributed by atoms with van der Waals surface area (Å²) in [4.78, 5) is 16.6. The van der Waals surface area contributed by atoms with E-state index in [1.54, 1.807) is 0 Å². The van der Waals surface area contributed by atoms with Gasteiger partial charge in [0, 0.05) is 12.1 Å². The highest BCUT2D eigenvalue weighted by molar-refractivity contribution is 7.97. The van der Waals surface area contributed by atoms with Crippen LogP contribution in [0, 0.1) is 13.8 Å². The fourth-order valence-electron chi connectivity index (χ4n) is 5.13. The Labute approximate surface area is 228 Å². The molecule has 0 radical (unpaired) electrons. The summed E-state index contributed by atoms with van der Waals surface area (Å²) in [5.74, 6) is 0.357. The molecule has 0 unspecified atom stereocenters. The molecule has 0 aliphatic heterocycles. The van der Waals surface area contributed by atoms with Crippen molar-refractivity contribution in [1.82, 2.24) is 0 Å². The third kappa shape index (κ3) is 5.41. The predicted octanol–water partition coefficient (Wildman–Crippen LogP) is 7.74. The SMILES string of the molecule is Cc1cc([S+](c2ccccc2)c2ccccc2)cc(C)c1OCC(=O)OC(C)(C)C1=CCc2ccccc21. The standard InChI is InChI=1S/C34H33O3S/c1-24-21-29(38(27-14-7-5-8-15-27)28-16-9-6-10-17-28)22-25(2)33(24)36-23-32(35)37-34(3,4)31-20-19-26-13-11-12-18-30(26)31/h5-18,20-22H,19,23H2,1-4H3/q+1. The van der Waals surface area contributed by atoms with E-state index in [-0.39, 0.29) is 23.5 Å². The van der Waals surface area contributed by atoms with Crippen molar-refractivity contribution in [2.75, 3.05) is 6.61 Å². The maximum absolute atomic E-state index is 12.9. The molecule has 0 heterocycles. The molecule has 0 bridgehead atoms. The summed E-state index contributed by atoms with van der Waals surface area (Å²) in [6, 6.07) is 33.8. The van der Waals surface area contributed by atoms with Crippen LogP contribution in [0.15, 0.2) is 118 Å². The fraction of sp³-hybridized carbons (Fsp3) is 0.206. The van der Waals surface area contributed by atoms with E-state index in [0.717, 1.165) is 34.4 Å². The van der Waals surface area contributed by atoms with E-state index in [1.807, 2.05) is 52.0 Å². The average Bonchev–Trinajstić information content (AvgIpc) is 3.35. The minimum Gasteiger partial charge on any atom is -0.481 e. The Kier molecular flexibility index (Phi) is 7.44. The van der Waals surface area contributed by atoms with Crippen LogP contribution in [0.4, 0.5) is 0 Å². The highest BCUT2D eigenvalue weighted by Gasteiger charge is 2.33. The normalized spacial score (nSPS) is 12.7. The van der Waals surface area contributed by atoms with Crippen molar-refractivity contribution in [2.45, 2.75) is 54.4 Å². The second-order valence-corrected chi connectivity index (χ2v) is 12.1. The summed E-state index contributed by atoms with van der Waals surface area (Å²) in [6.07, 6.45) is 3.02. The van der Waals surface area contributed by atoms with Gasteiger partial charge in [0.15, 0.2) is 21.3 Å². The van der Waals surface area contributed by atoms with E-state index in [2.05, 4.69) is 78.9 Å². The molecule has 1 aliphatic rings. The zero-order chi connectivity index (χ0) is 26.7. The summed E-state index contributed by atoms with van der Waals surface area (Å²) in [5, 5.41) is 0. The number of fused-ring (bicyclic) bond motifs is 1. The van der Waals surface area contributed by atoms with Gasteiger partial charge in [0.05, 0.1) is 10.9 Å². The first kappa shape index (κ1) is 25.9. The van der Waals surface area contributed by atoms with Crippen molar-refractivity contribution < 1.29 is 14.3 Å². The summed E-state index contributed by atoms with van der Waals surface area (Å²) in [6.45, 7) is 7.83. The topological polar surface area (TPSA) is 35.5 Å². The van der Waals surface area contributed by atoms with Gasteiger partial charge in [-0.05, 0) is 86.2 Å². The van der Waals surface area contributed by atoms with Crippen LogP contribution in [0.3, 0.4) is 0 Å². The number of rotatable bonds is 8. The van der Waals surface area contributed by atoms with E-state index < -0.39 is 5.60 Å². The average molecular weight is 522 g/mol. The maximum Gasteiger partial charge on any atom is 0.345 e. The van der Waals surface area contributed by atoms with Crippen LogP contribution in [0.5, 0.6) is 5.75 Å². The molecule has 1 aliphatic carbocycles. The summed E-state index contributed by atoms with van der Waals surface area (Å²) in [5.41, 5.74) is 4.74. The lowest BCUT2D eigenvalue weighted by Gasteiger charge is -2.27. The molecule has 4 aromatic carbocycles. The Balaban J connectivity index is 1.32. The van der Waals surface area contributed by atoms with Crippen molar-refractivity contribution in [3.63, 3.8) is 0 Å². The number of allylic oxidation sites excluding steroid dienone is 1. The number of aryl methyl sites for hydroxylation is 2. The lowest BCUT2D eigenvalue weighted by molar-refractivity contribution is -0.154. The maximum atomic E-state index is 12.9. The molecule has 3 nitrogen and oxygen atoms in total. The minimum atomic E-state index is -0.735. The molecule has 0 amide bonds. The van der Waals surface area contributed by atoms with Gasteiger partial charge < -0.3 is 9.47 Å². The zero-order valence-corrected chi connectivity index (χ0v) is 23.2. The molecule has 5 rings (SSSR count). The highest BCUT2D eigenvalue weighted by atomic mass is 32.2. The van der Waals surface area contributed by atoms with Crippen LogP contribution >= 0.6 is 0 Å². The molecule has 0 fully saturated rings. The first-order valence-electron chi connectivity index (χ1n) is 12.9. The molecule has 0 saturated carbocycles. The Morgan fingerprint density at radius 3 is 1.95 bits per heavy atom. The zero-order valence-electron chi connectivity index (χ0n) is 22.4. The molecule has 0 spiro atoms. The van der Waals surface area contributed by atoms with Gasteiger partial charge in [0.25, 0.3) is 0 Å². The minimum absolute atomic E-state index is 0.136. The van der Waals surface area contributed by atoms with E-state index in [0.29, 0.717) is 0 Å². The van der Waals surface area contributed by atoms with Gasteiger partial charge in [-0.25, -0.2) is 4.79 Å². The largest absolute Gasteiger partial charge is 0.481 e. The number of esters is 1. The second kappa shape index (κ2) is 10.9. The van der Waals surface area contributed by atoms with Crippen LogP contribution in [-0.4, -0.2) is 18.2 Å². The molecular formula is C34H33O3S+. The van der Waals surface area contributed by atoms with E-state index >= 15 is 0 Å². The smallest absolute Gasteiger partial charge is 0.345 e. The highest BCUT2D eigenvalue weighted by Crippen LogP contribution is 2.38. The number of carbonyl (C=O) groups excluding carboxylic acids is 1. The fourth-order valence-corrected chi connectivity index (χ4v) is 7.40. The van der Waals surface area contributed by atoms with Crippen molar-refractivity contribution in [3.05, 3.63) is 125 Å². The van der Waals surface area contributed by atoms with Crippen LogP contribution in [0.1, 0.15) is 36.1 Å². The van der Waals surface area contributed by atoms with E-state index in [1.165, 1.54) is 20.2 Å². The molecule has 0 aromatic heterocycles. The third-order valence-corrected chi connectivity index (χ3v) is 9.01. The second-order valence-electron chi connectivity index (χ2n) is 10.1. The Morgan fingerprint density at radius 2 is 1.34 bits per heavy atom. The number of carbonyl (C=O) groups is 1. The Bertz CT molecular complexity index is 1410. The lowest BCUT2D eigenvalue weighted by Crippen LogP contribution is -2.31. The molecule has 0 atom stereocenters. The summed E-state index contributed by atoms with van der Waals surface area (Å²) in [7, 11) is -0.243. The van der Waals surface area contributed by atoms with Gasteiger partial charge in [0.1, 0.15) is 11.4 Å². The molecule has 4 aromatic rings. The third-order valence-electron chi connectivity index (χ3n) is 6.81. The predicted molar refractivity (Wildman–Crippen MR) is 155 cm³/mol. The summed E-state index contributed by atoms with van der Waals surface area (Å²) < 4.78 is 12.0. The van der Waals surface area contributed by atoms with E-state index in [9.17, 15) is 4.79 Å². The van der Waals surface area contributed by atoms with Gasteiger partial charge >= 0.3 is 5.97 Å². The van der Waals surface area contributed by atoms with Crippen molar-refractivity contribution in [3.8, 4) is 5.75 Å². The van der Waals surface area contributed by atoms with Crippen molar-refractivity contribution in [1.29, 1.82) is 0 Å². The van der Waals surface area contributed by atoms with Crippen LogP contribution in [0.2, 0.25) is 0 Å².